The fraction of sp³-hybridized carbons (Fsp3) is 0.286. The molecular formula is C21H21BrClN3O3. The Kier molecular flexibility index (Phi) is 7.66. The Morgan fingerprint density at radius 2 is 1.97 bits per heavy atom. The van der Waals surface area contributed by atoms with Crippen LogP contribution in [-0.2, 0) is 11.3 Å². The molecule has 1 aromatic heterocycles. The van der Waals surface area contributed by atoms with Gasteiger partial charge in [0.05, 0.1) is 23.8 Å². The Balaban J connectivity index is 1.37. The SMILES string of the molecule is O=C(CCn1cnc2ccc(Br)cc2c1=O)NCCCCOc1ccc(Cl)cc1. The van der Waals surface area contributed by atoms with Crippen LogP contribution in [0.5, 0.6) is 5.75 Å². The highest BCUT2D eigenvalue weighted by Crippen LogP contribution is 2.16. The van der Waals surface area contributed by atoms with Crippen molar-refractivity contribution in [2.45, 2.75) is 25.8 Å². The second kappa shape index (κ2) is 10.4. The van der Waals surface area contributed by atoms with Crippen LogP contribution in [0.1, 0.15) is 19.3 Å². The molecule has 3 rings (SSSR count). The van der Waals surface area contributed by atoms with E-state index in [-0.39, 0.29) is 17.9 Å². The van der Waals surface area contributed by atoms with Crippen molar-refractivity contribution in [3.8, 4) is 5.75 Å². The first-order chi connectivity index (χ1) is 14.0. The van der Waals surface area contributed by atoms with E-state index < -0.39 is 0 Å². The highest BCUT2D eigenvalue weighted by atomic mass is 79.9. The van der Waals surface area contributed by atoms with Gasteiger partial charge < -0.3 is 10.1 Å². The molecule has 0 unspecified atom stereocenters. The van der Waals surface area contributed by atoms with Gasteiger partial charge in [0.15, 0.2) is 0 Å². The zero-order chi connectivity index (χ0) is 20.6. The van der Waals surface area contributed by atoms with E-state index in [4.69, 9.17) is 16.3 Å². The molecule has 6 nitrogen and oxygen atoms in total. The molecular weight excluding hydrogens is 458 g/mol. The number of carbonyl (C=O) groups excluding carboxylic acids is 1. The molecule has 0 radical (unpaired) electrons. The van der Waals surface area contributed by atoms with E-state index in [0.29, 0.717) is 35.6 Å². The van der Waals surface area contributed by atoms with Crippen LogP contribution in [0.2, 0.25) is 5.02 Å². The topological polar surface area (TPSA) is 73.2 Å². The molecule has 1 N–H and O–H groups in total. The minimum atomic E-state index is -0.150. The summed E-state index contributed by atoms with van der Waals surface area (Å²) in [5.74, 6) is 0.685. The summed E-state index contributed by atoms with van der Waals surface area (Å²) in [6, 6.07) is 12.6. The number of fused-ring (bicyclic) bond motifs is 1. The van der Waals surface area contributed by atoms with Crippen molar-refractivity contribution in [2.24, 2.45) is 0 Å². The number of unbranched alkanes of at least 4 members (excludes halogenated alkanes) is 1. The summed E-state index contributed by atoms with van der Waals surface area (Å²) in [5.41, 5.74) is 0.489. The first-order valence-electron chi connectivity index (χ1n) is 9.33. The lowest BCUT2D eigenvalue weighted by Gasteiger charge is -2.09. The van der Waals surface area contributed by atoms with Crippen LogP contribution in [0.25, 0.3) is 10.9 Å². The lowest BCUT2D eigenvalue weighted by molar-refractivity contribution is -0.121. The molecule has 0 saturated heterocycles. The Hall–Kier alpha value is -2.38. The number of halogens is 2. The maximum absolute atomic E-state index is 12.5. The van der Waals surface area contributed by atoms with Crippen LogP contribution in [0, 0.1) is 0 Å². The average Bonchev–Trinajstić information content (AvgIpc) is 2.72. The summed E-state index contributed by atoms with van der Waals surface area (Å²) in [6.45, 7) is 1.44. The molecule has 152 valence electrons. The smallest absolute Gasteiger partial charge is 0.261 e. The number of hydrogen-bond donors (Lipinski definition) is 1. The van der Waals surface area contributed by atoms with Crippen molar-refractivity contribution >= 4 is 44.3 Å². The number of amides is 1. The largest absolute Gasteiger partial charge is 0.494 e. The highest BCUT2D eigenvalue weighted by molar-refractivity contribution is 9.10. The van der Waals surface area contributed by atoms with Crippen molar-refractivity contribution < 1.29 is 9.53 Å². The number of benzene rings is 2. The molecule has 0 bridgehead atoms. The second-order valence-electron chi connectivity index (χ2n) is 6.51. The number of carbonyl (C=O) groups is 1. The normalized spacial score (nSPS) is 10.8. The van der Waals surface area contributed by atoms with Gasteiger partial charge in [-0.15, -0.1) is 0 Å². The zero-order valence-electron chi connectivity index (χ0n) is 15.7. The maximum atomic E-state index is 12.5. The maximum Gasteiger partial charge on any atom is 0.261 e. The van der Waals surface area contributed by atoms with E-state index in [1.807, 2.05) is 18.2 Å². The summed E-state index contributed by atoms with van der Waals surface area (Å²) in [4.78, 5) is 28.8. The summed E-state index contributed by atoms with van der Waals surface area (Å²) in [5, 5.41) is 4.08. The van der Waals surface area contributed by atoms with Gasteiger partial charge in [-0.1, -0.05) is 27.5 Å². The molecule has 1 amide bonds. The quantitative estimate of drug-likeness (QED) is 0.468. The van der Waals surface area contributed by atoms with Crippen molar-refractivity contribution in [3.05, 3.63) is 68.6 Å². The molecule has 0 fully saturated rings. The lowest BCUT2D eigenvalue weighted by Crippen LogP contribution is -2.28. The molecule has 29 heavy (non-hydrogen) atoms. The fourth-order valence-electron chi connectivity index (χ4n) is 2.78. The third-order valence-electron chi connectivity index (χ3n) is 4.34. The van der Waals surface area contributed by atoms with Crippen molar-refractivity contribution in [2.75, 3.05) is 13.2 Å². The predicted octanol–water partition coefficient (Wildman–Crippen LogP) is 4.18. The van der Waals surface area contributed by atoms with Gasteiger partial charge >= 0.3 is 0 Å². The molecule has 2 aromatic carbocycles. The van der Waals surface area contributed by atoms with Crippen molar-refractivity contribution in [1.29, 1.82) is 0 Å². The van der Waals surface area contributed by atoms with E-state index in [9.17, 15) is 9.59 Å². The Morgan fingerprint density at radius 3 is 2.76 bits per heavy atom. The minimum Gasteiger partial charge on any atom is -0.494 e. The van der Waals surface area contributed by atoms with E-state index in [2.05, 4.69) is 26.2 Å². The average molecular weight is 479 g/mol. The molecule has 0 saturated carbocycles. The highest BCUT2D eigenvalue weighted by Gasteiger charge is 2.07. The zero-order valence-corrected chi connectivity index (χ0v) is 18.1. The second-order valence-corrected chi connectivity index (χ2v) is 7.87. The van der Waals surface area contributed by atoms with Gasteiger partial charge in [0.2, 0.25) is 5.91 Å². The minimum absolute atomic E-state index is 0.0927. The molecule has 0 aliphatic heterocycles. The number of aryl methyl sites for hydroxylation is 1. The van der Waals surface area contributed by atoms with Gasteiger partial charge in [0.25, 0.3) is 5.56 Å². The number of nitrogens with zero attached hydrogens (tertiary/aromatic N) is 2. The third-order valence-corrected chi connectivity index (χ3v) is 5.09. The number of aromatic nitrogens is 2. The molecule has 0 aliphatic carbocycles. The van der Waals surface area contributed by atoms with Gasteiger partial charge in [0.1, 0.15) is 5.75 Å². The Bertz CT molecular complexity index is 1040. The van der Waals surface area contributed by atoms with Crippen LogP contribution >= 0.6 is 27.5 Å². The monoisotopic (exact) mass is 477 g/mol. The van der Waals surface area contributed by atoms with Gasteiger partial charge in [0, 0.05) is 29.0 Å². The summed E-state index contributed by atoms with van der Waals surface area (Å²) < 4.78 is 7.90. The van der Waals surface area contributed by atoms with E-state index in [1.165, 1.54) is 10.9 Å². The summed E-state index contributed by atoms with van der Waals surface area (Å²) >= 11 is 9.19. The molecule has 0 aliphatic rings. The van der Waals surface area contributed by atoms with Crippen LogP contribution < -0.4 is 15.6 Å². The molecule has 1 heterocycles. The van der Waals surface area contributed by atoms with E-state index in [1.54, 1.807) is 24.3 Å². The molecule has 3 aromatic rings. The van der Waals surface area contributed by atoms with Crippen LogP contribution in [0.15, 0.2) is 58.1 Å². The molecule has 0 spiro atoms. The Labute approximate surface area is 182 Å². The third kappa shape index (κ3) is 6.30. The lowest BCUT2D eigenvalue weighted by atomic mass is 10.2. The number of rotatable bonds is 9. The van der Waals surface area contributed by atoms with Crippen molar-refractivity contribution in [1.82, 2.24) is 14.9 Å². The van der Waals surface area contributed by atoms with E-state index >= 15 is 0 Å². The van der Waals surface area contributed by atoms with Crippen molar-refractivity contribution in [3.63, 3.8) is 0 Å². The predicted molar refractivity (Wildman–Crippen MR) is 118 cm³/mol. The summed E-state index contributed by atoms with van der Waals surface area (Å²) in [6.07, 6.45) is 3.35. The fourth-order valence-corrected chi connectivity index (χ4v) is 3.26. The van der Waals surface area contributed by atoms with E-state index in [0.717, 1.165) is 23.1 Å². The first-order valence-corrected chi connectivity index (χ1v) is 10.5. The van der Waals surface area contributed by atoms with Crippen LogP contribution in [-0.4, -0.2) is 28.6 Å². The van der Waals surface area contributed by atoms with Gasteiger partial charge in [-0.05, 0) is 55.3 Å². The molecule has 0 atom stereocenters. The number of nitrogens with one attached hydrogen (secondary N) is 1. The number of ether oxygens (including phenoxy) is 1. The standard InChI is InChI=1S/C21H21BrClN3O3/c22-15-3-8-19-18(13-15)21(28)26(14-25-19)11-9-20(27)24-10-1-2-12-29-17-6-4-16(23)5-7-17/h3-8,13-14H,1-2,9-12H2,(H,24,27). The van der Waals surface area contributed by atoms with Gasteiger partial charge in [-0.25, -0.2) is 4.98 Å². The molecule has 8 heteroatoms. The van der Waals surface area contributed by atoms with Gasteiger partial charge in [-0.3, -0.25) is 14.2 Å². The first kappa shape index (κ1) is 21.3. The van der Waals surface area contributed by atoms with Crippen LogP contribution in [0.3, 0.4) is 0 Å². The number of hydrogen-bond acceptors (Lipinski definition) is 4. The summed E-state index contributed by atoms with van der Waals surface area (Å²) in [7, 11) is 0. The van der Waals surface area contributed by atoms with Crippen LogP contribution in [0.4, 0.5) is 0 Å². The van der Waals surface area contributed by atoms with Gasteiger partial charge in [-0.2, -0.15) is 0 Å². The Morgan fingerprint density at radius 1 is 1.17 bits per heavy atom.